The molecule has 0 atom stereocenters. The summed E-state index contributed by atoms with van der Waals surface area (Å²) in [4.78, 5) is 1.23. The number of furan rings is 1. The molecular weight excluding hydrogens is 645 g/mol. The fourth-order valence-corrected chi connectivity index (χ4v) is 7.62. The zero-order chi connectivity index (χ0) is 34.9. The fraction of sp³-hybridized carbons (Fsp3) is 0.238. The smallest absolute Gasteiger partial charge is 0.142 e. The molecule has 0 fully saturated rings. The van der Waals surface area contributed by atoms with Crippen LogP contribution in [0, 0.1) is 0 Å². The van der Waals surface area contributed by atoms with E-state index in [1.165, 1.54) is 53.4 Å². The van der Waals surface area contributed by atoms with E-state index in [9.17, 15) is 20.4 Å². The van der Waals surface area contributed by atoms with Crippen LogP contribution in [0.1, 0.15) is 24.5 Å². The van der Waals surface area contributed by atoms with Crippen molar-refractivity contribution in [3.05, 3.63) is 119 Å². The monoisotopic (exact) mass is 686 g/mol. The van der Waals surface area contributed by atoms with Gasteiger partial charge >= 0.3 is 0 Å². The molecule has 0 saturated carbocycles. The van der Waals surface area contributed by atoms with Gasteiger partial charge in [-0.1, -0.05) is 97.1 Å². The van der Waals surface area contributed by atoms with Crippen LogP contribution in [0.2, 0.25) is 0 Å². The Labute approximate surface area is 294 Å². The molecule has 8 rings (SSSR count). The van der Waals surface area contributed by atoms with Gasteiger partial charge < -0.3 is 35.5 Å². The molecule has 6 aromatic carbocycles. The second kappa shape index (κ2) is 14.1. The molecule has 2 heterocycles. The van der Waals surface area contributed by atoms with Crippen LogP contribution in [0.25, 0.3) is 64.8 Å². The number of benzene rings is 6. The van der Waals surface area contributed by atoms with Crippen LogP contribution in [-0.4, -0.2) is 57.9 Å². The molecule has 6 N–H and O–H groups in total. The molecule has 2 aromatic heterocycles. The molecule has 0 unspecified atom stereocenters. The highest BCUT2D eigenvalue weighted by Gasteiger charge is 2.24. The molecule has 256 valence electrons. The minimum Gasteiger partial charge on any atom is -0.459 e. The van der Waals surface area contributed by atoms with Crippen molar-refractivity contribution >= 4 is 76.2 Å². The second-order valence-corrected chi connectivity index (χ2v) is 14.5. The van der Waals surface area contributed by atoms with Gasteiger partial charge in [-0.25, -0.2) is 0 Å². The number of hydrogen-bond donors (Lipinski definition) is 6. The minimum absolute atomic E-state index is 0.101. The number of fused-ring (bicyclic) bond motifs is 12. The van der Waals surface area contributed by atoms with Gasteiger partial charge in [-0.15, -0.1) is 11.3 Å². The Hall–Kier alpha value is -4.38. The summed E-state index contributed by atoms with van der Waals surface area (Å²) in [6.45, 7) is 4.18. The molecular formula is C42H42N2O5S. The first kappa shape index (κ1) is 34.1. The van der Waals surface area contributed by atoms with Crippen molar-refractivity contribution in [2.24, 2.45) is 0 Å². The van der Waals surface area contributed by atoms with Crippen molar-refractivity contribution in [3.63, 3.8) is 0 Å². The molecule has 0 saturated heterocycles. The van der Waals surface area contributed by atoms with Crippen LogP contribution < -0.4 is 10.6 Å². The van der Waals surface area contributed by atoms with Crippen LogP contribution in [-0.2, 0) is 13.1 Å². The highest BCUT2D eigenvalue weighted by Crippen LogP contribution is 2.40. The number of rotatable bonds is 10. The second-order valence-electron chi connectivity index (χ2n) is 13.5. The van der Waals surface area contributed by atoms with Gasteiger partial charge in [0.05, 0.1) is 44.1 Å². The van der Waals surface area contributed by atoms with Crippen molar-refractivity contribution in [2.45, 2.75) is 38.0 Å². The Balaban J connectivity index is 0.000000157. The molecule has 0 aliphatic heterocycles. The van der Waals surface area contributed by atoms with Crippen molar-refractivity contribution in [2.75, 3.05) is 26.4 Å². The summed E-state index contributed by atoms with van der Waals surface area (Å²) >= 11 is 1.73. The Morgan fingerprint density at radius 2 is 0.920 bits per heavy atom. The summed E-state index contributed by atoms with van der Waals surface area (Å²) in [7, 11) is 0. The van der Waals surface area contributed by atoms with Gasteiger partial charge in [-0.3, -0.25) is 0 Å². The van der Waals surface area contributed by atoms with Gasteiger partial charge in [0.25, 0.3) is 0 Å². The maximum Gasteiger partial charge on any atom is 0.142 e. The number of nitrogens with one attached hydrogen (secondary N) is 2. The van der Waals surface area contributed by atoms with E-state index >= 15 is 0 Å². The average Bonchev–Trinajstić information content (AvgIpc) is 3.82. The molecule has 50 heavy (non-hydrogen) atoms. The normalized spacial score (nSPS) is 12.4. The van der Waals surface area contributed by atoms with Gasteiger partial charge in [0.1, 0.15) is 11.3 Å². The van der Waals surface area contributed by atoms with Crippen molar-refractivity contribution < 1.29 is 24.8 Å². The molecule has 8 aromatic rings. The maximum atomic E-state index is 9.52. The minimum atomic E-state index is -0.733. The van der Waals surface area contributed by atoms with Gasteiger partial charge in [0.2, 0.25) is 0 Å². The summed E-state index contributed by atoms with van der Waals surface area (Å²) in [5, 5.41) is 59.9. The van der Waals surface area contributed by atoms with E-state index in [-0.39, 0.29) is 26.4 Å². The lowest BCUT2D eigenvalue weighted by molar-refractivity contribution is 0.101. The third-order valence-electron chi connectivity index (χ3n) is 9.79. The Bertz CT molecular complexity index is 2310. The highest BCUT2D eigenvalue weighted by atomic mass is 32.1. The van der Waals surface area contributed by atoms with E-state index in [1.807, 2.05) is 31.2 Å². The number of hydrogen-bond acceptors (Lipinski definition) is 8. The third-order valence-corrected chi connectivity index (χ3v) is 10.8. The third kappa shape index (κ3) is 6.25. The molecule has 8 heteroatoms. The van der Waals surface area contributed by atoms with Crippen LogP contribution in [0.4, 0.5) is 0 Å². The van der Waals surface area contributed by atoms with Gasteiger partial charge in [0, 0.05) is 33.0 Å². The highest BCUT2D eigenvalue weighted by molar-refractivity contribution is 7.12. The first-order valence-corrected chi connectivity index (χ1v) is 17.7. The van der Waals surface area contributed by atoms with Gasteiger partial charge in [0.15, 0.2) is 0 Å². The number of aliphatic hydroxyl groups excluding tert-OH is 4. The average molecular weight is 687 g/mol. The first-order valence-electron chi connectivity index (χ1n) is 16.9. The molecule has 0 amide bonds. The summed E-state index contributed by atoms with van der Waals surface area (Å²) in [5.41, 5.74) is -0.535. The predicted octanol–water partition coefficient (Wildman–Crippen LogP) is 7.61. The summed E-state index contributed by atoms with van der Waals surface area (Å²) < 4.78 is 6.15. The number of thiophene rings is 1. The number of aliphatic hydroxyl groups is 4. The largest absolute Gasteiger partial charge is 0.459 e. The Morgan fingerprint density at radius 3 is 1.44 bits per heavy atom. The topological polar surface area (TPSA) is 118 Å². The molecule has 7 nitrogen and oxygen atoms in total. The maximum absolute atomic E-state index is 9.52. The first-order chi connectivity index (χ1) is 24.3. The van der Waals surface area contributed by atoms with E-state index < -0.39 is 11.1 Å². The van der Waals surface area contributed by atoms with Crippen molar-refractivity contribution in [1.82, 2.24) is 10.6 Å². The standard InChI is InChI=1S/C21H21NO3.C21H21NO2S/c1-21(12-23,13-24)22-11-14-10-19-17-8-3-2-6-15(17)16-7-4-5-9-18(16)20(19)25-14;1-21(12-23,13-24)22-10-19-20-17-9-5-4-7-15(17)14-6-2-3-8-16(14)18(20)11-25-19/h2-10,22-24H,11-13H2,1H3;2-9,11,22-24H,10,12-13H2,1H3. The van der Waals surface area contributed by atoms with Crippen LogP contribution in [0.15, 0.2) is 113 Å². The van der Waals surface area contributed by atoms with Gasteiger partial charge in [-0.05, 0) is 63.0 Å². The molecule has 0 spiro atoms. The lowest BCUT2D eigenvalue weighted by Crippen LogP contribution is -2.48. The quantitative estimate of drug-likeness (QED) is 0.0820. The fourth-order valence-electron chi connectivity index (χ4n) is 6.63. The molecule has 0 aliphatic carbocycles. The van der Waals surface area contributed by atoms with Gasteiger partial charge in [-0.2, -0.15) is 0 Å². The van der Waals surface area contributed by atoms with E-state index in [2.05, 4.69) is 94.9 Å². The molecule has 0 aliphatic rings. The van der Waals surface area contributed by atoms with E-state index in [0.717, 1.165) is 22.1 Å². The SMILES string of the molecule is CC(CO)(CO)NCc1cc2c3ccccc3c3ccccc3c2o1.CC(CO)(CO)NCc1scc2c3ccccc3c3ccccc3c12. The lowest BCUT2D eigenvalue weighted by atomic mass is 9.95. The molecule has 0 radical (unpaired) electrons. The van der Waals surface area contributed by atoms with E-state index in [4.69, 9.17) is 4.42 Å². The lowest BCUT2D eigenvalue weighted by Gasteiger charge is -2.26. The summed E-state index contributed by atoms with van der Waals surface area (Å²) in [6, 6.07) is 35.7. The van der Waals surface area contributed by atoms with Crippen molar-refractivity contribution in [3.8, 4) is 0 Å². The van der Waals surface area contributed by atoms with Crippen LogP contribution >= 0.6 is 11.3 Å². The van der Waals surface area contributed by atoms with Crippen LogP contribution in [0.5, 0.6) is 0 Å². The predicted molar refractivity (Wildman–Crippen MR) is 207 cm³/mol. The Kier molecular flexibility index (Phi) is 9.61. The van der Waals surface area contributed by atoms with Crippen molar-refractivity contribution in [1.29, 1.82) is 0 Å². The molecule has 0 bridgehead atoms. The van der Waals surface area contributed by atoms with E-state index in [0.29, 0.717) is 13.1 Å². The Morgan fingerprint density at radius 1 is 0.520 bits per heavy atom. The van der Waals surface area contributed by atoms with E-state index in [1.54, 1.807) is 18.3 Å². The summed E-state index contributed by atoms with van der Waals surface area (Å²) in [5.74, 6) is 0.782. The zero-order valence-corrected chi connectivity index (χ0v) is 29.1. The summed E-state index contributed by atoms with van der Waals surface area (Å²) in [6.07, 6.45) is 0. The zero-order valence-electron chi connectivity index (χ0n) is 28.2. The van der Waals surface area contributed by atoms with Crippen LogP contribution in [0.3, 0.4) is 0 Å².